The molecular weight excluding hydrogens is 659 g/mol. The summed E-state index contributed by atoms with van der Waals surface area (Å²) in [5.41, 5.74) is 13.5. The van der Waals surface area contributed by atoms with Crippen molar-refractivity contribution >= 4 is 49.9 Å². The summed E-state index contributed by atoms with van der Waals surface area (Å²) in [7, 11) is 2.10. The van der Waals surface area contributed by atoms with Crippen LogP contribution in [0.15, 0.2) is 201 Å². The van der Waals surface area contributed by atoms with Crippen molar-refractivity contribution < 1.29 is 0 Å². The number of nitrogens with zero attached hydrogens (tertiary/aromatic N) is 5. The minimum absolute atomic E-state index is 0.874. The minimum atomic E-state index is 0.874. The SMILES string of the molecule is Cn1[cH+]n(-c2cccc(N(c3ccccc3)c3ccc4c5ccccc5n(-c5cc(-c6ccccc6-c6ccccc6)ccn5)c4c3)c2)c2ccccc21. The summed E-state index contributed by atoms with van der Waals surface area (Å²) in [6, 6.07) is 66.9. The fourth-order valence-electron chi connectivity index (χ4n) is 7.93. The number of imidazole rings is 1. The molecule has 0 aliphatic rings. The molecule has 0 bridgehead atoms. The summed E-state index contributed by atoms with van der Waals surface area (Å²) in [4.78, 5) is 7.36. The van der Waals surface area contributed by atoms with Crippen LogP contribution in [-0.2, 0) is 7.05 Å². The third kappa shape index (κ3) is 5.33. The van der Waals surface area contributed by atoms with Crippen molar-refractivity contribution in [1.29, 1.82) is 0 Å². The average Bonchev–Trinajstić information content (AvgIpc) is 3.76. The first-order valence-corrected chi connectivity index (χ1v) is 18.3. The van der Waals surface area contributed by atoms with Gasteiger partial charge in [0.25, 0.3) is 0 Å². The lowest BCUT2D eigenvalue weighted by Gasteiger charge is -2.25. The molecule has 0 unspecified atom stereocenters. The number of hydrogen-bond donors (Lipinski definition) is 0. The quantitative estimate of drug-likeness (QED) is 0.156. The van der Waals surface area contributed by atoms with E-state index in [1.807, 2.05) is 6.20 Å². The Labute approximate surface area is 313 Å². The zero-order valence-electron chi connectivity index (χ0n) is 29.8. The van der Waals surface area contributed by atoms with Gasteiger partial charge in [-0.1, -0.05) is 97.1 Å². The third-order valence-electron chi connectivity index (χ3n) is 10.4. The van der Waals surface area contributed by atoms with Gasteiger partial charge in [-0.25, -0.2) is 9.55 Å². The molecule has 256 valence electrons. The third-order valence-corrected chi connectivity index (χ3v) is 10.4. The molecule has 3 aromatic heterocycles. The molecule has 54 heavy (non-hydrogen) atoms. The Balaban J connectivity index is 1.15. The van der Waals surface area contributed by atoms with Crippen molar-refractivity contribution in [3.8, 4) is 33.8 Å². The van der Waals surface area contributed by atoms with E-state index in [1.54, 1.807) is 0 Å². The second-order valence-corrected chi connectivity index (χ2v) is 13.6. The summed E-state index contributed by atoms with van der Waals surface area (Å²) < 4.78 is 6.75. The Morgan fingerprint density at radius 1 is 0.463 bits per heavy atom. The van der Waals surface area contributed by atoms with Gasteiger partial charge in [0.15, 0.2) is 17.4 Å². The minimum Gasteiger partial charge on any atom is -0.309 e. The van der Waals surface area contributed by atoms with Crippen LogP contribution in [0.25, 0.3) is 66.6 Å². The molecule has 0 radical (unpaired) electrons. The van der Waals surface area contributed by atoms with E-state index in [-0.39, 0.29) is 0 Å². The van der Waals surface area contributed by atoms with Gasteiger partial charge in [-0.05, 0) is 89.0 Å². The fraction of sp³-hybridized carbons (Fsp3) is 0.0204. The topological polar surface area (TPSA) is 30.9 Å². The van der Waals surface area contributed by atoms with Gasteiger partial charge >= 0.3 is 0 Å². The maximum absolute atomic E-state index is 5.02. The second kappa shape index (κ2) is 13.1. The van der Waals surface area contributed by atoms with Crippen LogP contribution in [0.2, 0.25) is 0 Å². The van der Waals surface area contributed by atoms with E-state index in [1.165, 1.54) is 33.0 Å². The molecular formula is C49H36N5+. The van der Waals surface area contributed by atoms with Crippen molar-refractivity contribution in [2.45, 2.75) is 0 Å². The number of anilines is 3. The normalized spacial score (nSPS) is 11.4. The van der Waals surface area contributed by atoms with Gasteiger partial charge in [-0.2, -0.15) is 4.57 Å². The summed E-state index contributed by atoms with van der Waals surface area (Å²) in [6.45, 7) is 0. The maximum Gasteiger partial charge on any atom is 0.191 e. The Kier molecular flexibility index (Phi) is 7.62. The van der Waals surface area contributed by atoms with Crippen molar-refractivity contribution in [1.82, 2.24) is 18.7 Å². The van der Waals surface area contributed by atoms with Crippen LogP contribution < -0.4 is 4.90 Å². The highest BCUT2D eigenvalue weighted by Gasteiger charge is 2.21. The number of fused-ring (bicyclic) bond motifs is 4. The second-order valence-electron chi connectivity index (χ2n) is 13.6. The van der Waals surface area contributed by atoms with Gasteiger partial charge in [0.2, 0.25) is 0 Å². The van der Waals surface area contributed by atoms with E-state index < -0.39 is 0 Å². The number of aryl methyl sites for hydroxylation is 1. The maximum atomic E-state index is 5.02. The van der Waals surface area contributed by atoms with Crippen LogP contribution in [0, 0.1) is 0 Å². The van der Waals surface area contributed by atoms with Crippen LogP contribution in [0.5, 0.6) is 0 Å². The molecule has 0 fully saturated rings. The molecule has 0 amide bonds. The molecule has 10 rings (SSSR count). The predicted octanol–water partition coefficient (Wildman–Crippen LogP) is 12.5. The van der Waals surface area contributed by atoms with E-state index in [4.69, 9.17) is 4.98 Å². The smallest absolute Gasteiger partial charge is 0.191 e. The molecule has 0 atom stereocenters. The lowest BCUT2D eigenvalue weighted by molar-refractivity contribution is 0.911. The molecule has 5 nitrogen and oxygen atoms in total. The van der Waals surface area contributed by atoms with Gasteiger partial charge in [0.1, 0.15) is 11.5 Å². The zero-order valence-corrected chi connectivity index (χ0v) is 29.8. The molecule has 0 aliphatic carbocycles. The van der Waals surface area contributed by atoms with E-state index in [0.717, 1.165) is 50.7 Å². The zero-order chi connectivity index (χ0) is 36.0. The number of benzene rings is 7. The number of hydrogen-bond acceptors (Lipinski definition) is 2. The lowest BCUT2D eigenvalue weighted by Crippen LogP contribution is -2.10. The van der Waals surface area contributed by atoms with E-state index >= 15 is 0 Å². The summed E-state index contributed by atoms with van der Waals surface area (Å²) in [5.74, 6) is 0.874. The first-order chi connectivity index (χ1) is 26.7. The van der Waals surface area contributed by atoms with Gasteiger partial charge in [-0.3, -0.25) is 4.57 Å². The largest absolute Gasteiger partial charge is 0.309 e. The molecule has 0 saturated carbocycles. The molecule has 10 aromatic rings. The Hall–Kier alpha value is -7.24. The number of para-hydroxylation sites is 4. The Morgan fingerprint density at radius 3 is 1.91 bits per heavy atom. The molecule has 0 N–H and O–H groups in total. The van der Waals surface area contributed by atoms with Gasteiger partial charge < -0.3 is 4.90 Å². The van der Waals surface area contributed by atoms with Gasteiger partial charge in [-0.15, -0.1) is 0 Å². The predicted molar refractivity (Wildman–Crippen MR) is 224 cm³/mol. The molecule has 0 aliphatic heterocycles. The molecule has 3 heterocycles. The number of pyridine rings is 1. The van der Waals surface area contributed by atoms with E-state index in [2.05, 4.69) is 220 Å². The van der Waals surface area contributed by atoms with Gasteiger partial charge in [0.05, 0.1) is 16.7 Å². The highest BCUT2D eigenvalue weighted by atomic mass is 15.2. The summed E-state index contributed by atoms with van der Waals surface area (Å²) in [6.07, 6.45) is 4.09. The Bertz CT molecular complexity index is 2960. The fourth-order valence-corrected chi connectivity index (χ4v) is 7.93. The number of rotatable bonds is 7. The highest BCUT2D eigenvalue weighted by Crippen LogP contribution is 2.41. The molecule has 5 heteroatoms. The highest BCUT2D eigenvalue weighted by molar-refractivity contribution is 6.10. The van der Waals surface area contributed by atoms with Crippen molar-refractivity contribution in [3.05, 3.63) is 201 Å². The van der Waals surface area contributed by atoms with E-state index in [9.17, 15) is 0 Å². The van der Waals surface area contributed by atoms with Crippen LogP contribution in [0.1, 0.15) is 0 Å². The van der Waals surface area contributed by atoms with Crippen molar-refractivity contribution in [3.63, 3.8) is 0 Å². The average molecular weight is 695 g/mol. The molecule has 0 saturated heterocycles. The van der Waals surface area contributed by atoms with Crippen molar-refractivity contribution in [2.24, 2.45) is 7.05 Å². The number of aromatic nitrogens is 4. The van der Waals surface area contributed by atoms with Crippen LogP contribution in [-0.4, -0.2) is 18.7 Å². The summed E-state index contributed by atoms with van der Waals surface area (Å²) >= 11 is 0. The molecule has 7 aromatic carbocycles. The monoisotopic (exact) mass is 694 g/mol. The first kappa shape index (κ1) is 31.5. The first-order valence-electron chi connectivity index (χ1n) is 18.3. The van der Waals surface area contributed by atoms with Crippen LogP contribution in [0.4, 0.5) is 17.1 Å². The standard InChI is InChI=1S/C49H36N5/c1-51-34-52(47-26-13-12-25-46(47)51)38-19-14-20-39(32-38)53(37-17-6-3-7-18-37)40-27-28-44-43-23-10-11-24-45(43)54(48(44)33-40)49-31-36(29-30-50-49)42-22-9-8-21-41(42)35-15-4-2-5-16-35/h2-34H,1H3/q+1. The van der Waals surface area contributed by atoms with Crippen molar-refractivity contribution in [2.75, 3.05) is 4.90 Å². The Morgan fingerprint density at radius 2 is 1.09 bits per heavy atom. The van der Waals surface area contributed by atoms with E-state index in [0.29, 0.717) is 0 Å². The van der Waals surface area contributed by atoms with Crippen LogP contribution >= 0.6 is 0 Å². The lowest BCUT2D eigenvalue weighted by atomic mass is 9.95. The van der Waals surface area contributed by atoms with Crippen LogP contribution in [0.3, 0.4) is 0 Å². The van der Waals surface area contributed by atoms with Gasteiger partial charge in [0, 0.05) is 59.7 Å². The molecule has 0 spiro atoms. The summed E-state index contributed by atoms with van der Waals surface area (Å²) in [5, 5.41) is 2.37.